The van der Waals surface area contributed by atoms with E-state index in [2.05, 4.69) is 11.0 Å². The number of fused-ring (bicyclic) bond motifs is 1. The molecule has 0 unspecified atom stereocenters. The fraction of sp³-hybridized carbons (Fsp3) is 0.190. The van der Waals surface area contributed by atoms with Gasteiger partial charge in [-0.3, -0.25) is 4.79 Å². The van der Waals surface area contributed by atoms with Gasteiger partial charge in [0.25, 0.3) is 5.91 Å². The Kier molecular flexibility index (Phi) is 4.29. The molecule has 7 heteroatoms. The van der Waals surface area contributed by atoms with Gasteiger partial charge in [0.05, 0.1) is 16.7 Å². The topological polar surface area (TPSA) is 62.5 Å². The standard InChI is InChI=1S/C21H18N4O2S/c26-21(17-7-3-13-27-17)25-11-9-24(10-12-25)20-15-5-1-2-6-16(15)22-19(23-20)18-8-4-14-28-18/h1-8,13-14H,9-12H2. The van der Waals surface area contributed by atoms with Crippen molar-refractivity contribution in [1.29, 1.82) is 0 Å². The minimum Gasteiger partial charge on any atom is -0.459 e. The molecule has 1 aliphatic rings. The van der Waals surface area contributed by atoms with Crippen LogP contribution in [0.5, 0.6) is 0 Å². The van der Waals surface area contributed by atoms with Crippen LogP contribution in [0, 0.1) is 0 Å². The number of para-hydroxylation sites is 1. The van der Waals surface area contributed by atoms with Crippen LogP contribution in [0.25, 0.3) is 21.6 Å². The summed E-state index contributed by atoms with van der Waals surface area (Å²) in [5, 5.41) is 3.07. The first-order valence-corrected chi connectivity index (χ1v) is 10.1. The fourth-order valence-electron chi connectivity index (χ4n) is 3.49. The summed E-state index contributed by atoms with van der Waals surface area (Å²) >= 11 is 1.64. The van der Waals surface area contributed by atoms with Crippen molar-refractivity contribution in [3.8, 4) is 10.7 Å². The molecular weight excluding hydrogens is 372 g/mol. The van der Waals surface area contributed by atoms with E-state index in [-0.39, 0.29) is 5.91 Å². The number of thiophene rings is 1. The molecule has 1 amide bonds. The summed E-state index contributed by atoms with van der Waals surface area (Å²) in [7, 11) is 0. The highest BCUT2D eigenvalue weighted by atomic mass is 32.1. The zero-order chi connectivity index (χ0) is 18.9. The lowest BCUT2D eigenvalue weighted by Gasteiger charge is -2.35. The van der Waals surface area contributed by atoms with Crippen LogP contribution in [-0.4, -0.2) is 47.0 Å². The highest BCUT2D eigenvalue weighted by molar-refractivity contribution is 7.13. The Bertz CT molecular complexity index is 1100. The van der Waals surface area contributed by atoms with E-state index in [4.69, 9.17) is 14.4 Å². The molecule has 0 N–H and O–H groups in total. The van der Waals surface area contributed by atoms with Crippen LogP contribution in [0.1, 0.15) is 10.6 Å². The first kappa shape index (κ1) is 16.9. The third-order valence-electron chi connectivity index (χ3n) is 4.92. The molecule has 1 aromatic carbocycles. The smallest absolute Gasteiger partial charge is 0.289 e. The second-order valence-corrected chi connectivity index (χ2v) is 7.57. The van der Waals surface area contributed by atoms with Crippen molar-refractivity contribution in [3.05, 3.63) is 65.9 Å². The largest absolute Gasteiger partial charge is 0.459 e. The molecule has 1 aliphatic heterocycles. The van der Waals surface area contributed by atoms with Gasteiger partial charge in [0.15, 0.2) is 11.6 Å². The summed E-state index contributed by atoms with van der Waals surface area (Å²) in [5.74, 6) is 2.01. The Hall–Kier alpha value is -3.19. The Morgan fingerprint density at radius 3 is 2.57 bits per heavy atom. The molecule has 28 heavy (non-hydrogen) atoms. The van der Waals surface area contributed by atoms with Gasteiger partial charge in [-0.25, -0.2) is 9.97 Å². The second-order valence-electron chi connectivity index (χ2n) is 6.62. The summed E-state index contributed by atoms with van der Waals surface area (Å²) < 4.78 is 5.25. The summed E-state index contributed by atoms with van der Waals surface area (Å²) in [6, 6.07) is 15.6. The number of carbonyl (C=O) groups excluding carboxylic acids is 1. The number of hydrogen-bond donors (Lipinski definition) is 0. The van der Waals surface area contributed by atoms with Gasteiger partial charge in [0, 0.05) is 31.6 Å². The molecule has 0 aliphatic carbocycles. The van der Waals surface area contributed by atoms with Crippen LogP contribution in [-0.2, 0) is 0 Å². The van der Waals surface area contributed by atoms with E-state index in [0.717, 1.165) is 40.5 Å². The summed E-state index contributed by atoms with van der Waals surface area (Å²) in [6.07, 6.45) is 1.53. The maximum atomic E-state index is 12.5. The Balaban J connectivity index is 1.44. The maximum absolute atomic E-state index is 12.5. The Morgan fingerprint density at radius 2 is 1.82 bits per heavy atom. The lowest BCUT2D eigenvalue weighted by atomic mass is 10.2. The van der Waals surface area contributed by atoms with Crippen molar-refractivity contribution < 1.29 is 9.21 Å². The molecule has 4 aromatic rings. The molecule has 0 radical (unpaired) electrons. The van der Waals surface area contributed by atoms with E-state index in [9.17, 15) is 4.79 Å². The average Bonchev–Trinajstić information content (AvgIpc) is 3.47. The van der Waals surface area contributed by atoms with Gasteiger partial charge in [0.2, 0.25) is 0 Å². The number of anilines is 1. The molecule has 3 aromatic heterocycles. The van der Waals surface area contributed by atoms with Crippen LogP contribution in [0.3, 0.4) is 0 Å². The second kappa shape index (κ2) is 7.09. The normalized spacial score (nSPS) is 14.6. The summed E-state index contributed by atoms with van der Waals surface area (Å²) in [5.41, 5.74) is 0.935. The maximum Gasteiger partial charge on any atom is 0.289 e. The van der Waals surface area contributed by atoms with Crippen molar-refractivity contribution in [2.75, 3.05) is 31.1 Å². The zero-order valence-electron chi connectivity index (χ0n) is 15.1. The predicted octanol–water partition coefficient (Wildman–Crippen LogP) is 3.91. The molecule has 0 saturated carbocycles. The van der Waals surface area contributed by atoms with E-state index in [0.29, 0.717) is 18.8 Å². The number of aromatic nitrogens is 2. The Labute approximate surface area is 166 Å². The van der Waals surface area contributed by atoms with Crippen LogP contribution in [0.2, 0.25) is 0 Å². The van der Waals surface area contributed by atoms with Crippen molar-refractivity contribution in [1.82, 2.24) is 14.9 Å². The molecule has 0 spiro atoms. The van der Waals surface area contributed by atoms with Crippen molar-refractivity contribution in [2.24, 2.45) is 0 Å². The molecule has 0 bridgehead atoms. The molecule has 1 saturated heterocycles. The van der Waals surface area contributed by atoms with Crippen molar-refractivity contribution in [2.45, 2.75) is 0 Å². The number of furan rings is 1. The molecule has 4 heterocycles. The summed E-state index contributed by atoms with van der Waals surface area (Å²) in [4.78, 5) is 27.3. The van der Waals surface area contributed by atoms with Crippen LogP contribution in [0.15, 0.2) is 64.6 Å². The first-order chi connectivity index (χ1) is 13.8. The average molecular weight is 390 g/mol. The van der Waals surface area contributed by atoms with Gasteiger partial charge in [-0.05, 0) is 35.7 Å². The molecule has 6 nitrogen and oxygen atoms in total. The van der Waals surface area contributed by atoms with E-state index in [1.807, 2.05) is 40.6 Å². The molecular formula is C21H18N4O2S. The van der Waals surface area contributed by atoms with E-state index >= 15 is 0 Å². The van der Waals surface area contributed by atoms with Gasteiger partial charge >= 0.3 is 0 Å². The van der Waals surface area contributed by atoms with Crippen molar-refractivity contribution in [3.63, 3.8) is 0 Å². The van der Waals surface area contributed by atoms with Gasteiger partial charge in [0.1, 0.15) is 5.82 Å². The minimum atomic E-state index is -0.0588. The monoisotopic (exact) mass is 390 g/mol. The molecule has 5 rings (SSSR count). The quantitative estimate of drug-likeness (QED) is 0.531. The SMILES string of the molecule is O=C(c1ccco1)N1CCN(c2nc(-c3cccs3)nc3ccccc23)CC1. The zero-order valence-corrected chi connectivity index (χ0v) is 15.9. The third-order valence-corrected chi connectivity index (χ3v) is 5.79. The molecule has 0 atom stereocenters. The number of benzene rings is 1. The number of rotatable bonds is 3. The first-order valence-electron chi connectivity index (χ1n) is 9.18. The lowest BCUT2D eigenvalue weighted by Crippen LogP contribution is -2.49. The van der Waals surface area contributed by atoms with Crippen LogP contribution >= 0.6 is 11.3 Å². The van der Waals surface area contributed by atoms with E-state index in [1.54, 1.807) is 23.5 Å². The number of amides is 1. The number of carbonyl (C=O) groups is 1. The minimum absolute atomic E-state index is 0.0588. The highest BCUT2D eigenvalue weighted by Crippen LogP contribution is 2.30. The predicted molar refractivity (Wildman–Crippen MR) is 110 cm³/mol. The van der Waals surface area contributed by atoms with E-state index in [1.165, 1.54) is 6.26 Å². The summed E-state index contributed by atoms with van der Waals surface area (Å²) in [6.45, 7) is 2.70. The van der Waals surface area contributed by atoms with Gasteiger partial charge in [-0.1, -0.05) is 18.2 Å². The molecule has 140 valence electrons. The fourth-order valence-corrected chi connectivity index (χ4v) is 4.15. The van der Waals surface area contributed by atoms with Gasteiger partial charge in [-0.2, -0.15) is 0 Å². The Morgan fingerprint density at radius 1 is 0.964 bits per heavy atom. The van der Waals surface area contributed by atoms with Crippen LogP contribution in [0.4, 0.5) is 5.82 Å². The third kappa shape index (κ3) is 3.03. The number of piperazine rings is 1. The number of nitrogens with zero attached hydrogens (tertiary/aromatic N) is 4. The van der Waals surface area contributed by atoms with Crippen LogP contribution < -0.4 is 4.90 Å². The van der Waals surface area contributed by atoms with E-state index < -0.39 is 0 Å². The number of hydrogen-bond acceptors (Lipinski definition) is 6. The lowest BCUT2D eigenvalue weighted by molar-refractivity contribution is 0.0714. The molecule has 1 fully saturated rings. The van der Waals surface area contributed by atoms with Gasteiger partial charge < -0.3 is 14.2 Å². The highest BCUT2D eigenvalue weighted by Gasteiger charge is 2.25. The van der Waals surface area contributed by atoms with Gasteiger partial charge in [-0.15, -0.1) is 11.3 Å². The van der Waals surface area contributed by atoms with Crippen molar-refractivity contribution >= 4 is 34.0 Å².